The summed E-state index contributed by atoms with van der Waals surface area (Å²) >= 11 is 0. The predicted octanol–water partition coefficient (Wildman–Crippen LogP) is 18.6. The van der Waals surface area contributed by atoms with Gasteiger partial charge in [-0.25, -0.2) is 0 Å². The van der Waals surface area contributed by atoms with Crippen molar-refractivity contribution in [2.24, 2.45) is 192 Å². The molecule has 133 heavy (non-hydrogen) atoms. The maximum Gasteiger partial charge on any atom is 0.314 e. The molecule has 0 N–H and O–H groups in total. The molecule has 14 bridgehead atoms. The van der Waals surface area contributed by atoms with E-state index in [1.165, 1.54) is 83.5 Å². The van der Waals surface area contributed by atoms with Crippen LogP contribution in [0.2, 0.25) is 0 Å². The number of carbonyl (C=O) groups is 7. The van der Waals surface area contributed by atoms with Gasteiger partial charge in [0.1, 0.15) is 24.0 Å². The molecule has 0 aromatic heterocycles. The smallest absolute Gasteiger partial charge is 0.314 e. The van der Waals surface area contributed by atoms with Crippen LogP contribution in [0.4, 0.5) is 0 Å². The maximum atomic E-state index is 12.3. The minimum Gasteiger partial charge on any atom is -0.465 e. The van der Waals surface area contributed by atoms with Gasteiger partial charge in [0, 0.05) is 52.8 Å². The van der Waals surface area contributed by atoms with Crippen LogP contribution in [0, 0.1) is 192 Å². The standard InChI is InChI=1S/C17H26O2.4C16H24O3.2C15H22O4/c1-3-10-7-11(4-2)15-13-8-12(14(10)15)9-17(13)5-6-19-16(17)18;1-3-11-14-9-5-10(15(14)12(4-2)19-11)16(6-9)7-13(17)18-8-16;1-3-9-5-10(4-2)14-13(9)11-6-16(15(14)19-11)7-12(17)18-8-16;1-3-11-13-9-7-10(14(13)12(4-2)19-11)16(8-9)5-6-18-15(16)17;1-3-9-7-10(4-2)13-12(9)11-8-16(14(13)19-11)5-6-18-15(16)17;1-3-8-12-10-5-15(6-11(16)17-7-15)14(19-10)13(12)9(4-2)18-8;1-3-8-11-10-7-15(5-6-17-14(15)16)13(19-10)12(11)9(4-2)18-8/h10-15H,3-9H2,1-2H3;9-12,14-15H,3-8H2,1-2H3;9-11,13-15H,3-8H2,1-2H3;2*9-14H,3-8H2,1-2H3;8-10,12-14H,3-7H2,1-2H3;8-13H,3-7H2,1-2H3. The zero-order valence-corrected chi connectivity index (χ0v) is 83.2. The molecular formula is C111H166O22. The minimum atomic E-state index is -0.342. The molecule has 28 aliphatic rings. The van der Waals surface area contributed by atoms with E-state index in [0.29, 0.717) is 198 Å². The summed E-state index contributed by atoms with van der Waals surface area (Å²) in [5.74, 6) is 18.8. The molecule has 49 unspecified atom stereocenters. The van der Waals surface area contributed by atoms with E-state index in [4.69, 9.17) is 71.1 Å². The lowest BCUT2D eigenvalue weighted by atomic mass is 9.62. The Labute approximate surface area is 793 Å². The quantitative estimate of drug-likeness (QED) is 0.116. The van der Waals surface area contributed by atoms with E-state index in [0.717, 1.165) is 198 Å². The maximum absolute atomic E-state index is 12.3. The first-order chi connectivity index (χ1) is 64.4. The van der Waals surface area contributed by atoms with Crippen molar-refractivity contribution in [2.45, 2.75) is 413 Å². The number of esters is 7. The molecule has 22 nitrogen and oxygen atoms in total. The van der Waals surface area contributed by atoms with Crippen LogP contribution >= 0.6 is 0 Å². The topological polar surface area (TPSA) is 258 Å². The van der Waals surface area contributed by atoms with E-state index in [9.17, 15) is 33.6 Å². The van der Waals surface area contributed by atoms with Crippen LogP contribution in [-0.2, 0) is 105 Å². The summed E-state index contributed by atoms with van der Waals surface area (Å²) < 4.78 is 87.4. The van der Waals surface area contributed by atoms with E-state index in [1.54, 1.807) is 0 Å². The van der Waals surface area contributed by atoms with Gasteiger partial charge in [-0.1, -0.05) is 135 Å². The Hall–Kier alpha value is -4.03. The van der Waals surface area contributed by atoms with Gasteiger partial charge in [-0.15, -0.1) is 0 Å². The third-order valence-corrected chi connectivity index (χ3v) is 45.1. The van der Waals surface area contributed by atoms with Crippen molar-refractivity contribution in [3.63, 3.8) is 0 Å². The van der Waals surface area contributed by atoms with E-state index in [1.807, 2.05) is 0 Å². The van der Waals surface area contributed by atoms with Gasteiger partial charge in [-0.05, 0) is 278 Å². The Balaban J connectivity index is 0.0000000905. The molecule has 49 atom stereocenters. The Kier molecular flexibility index (Phi) is 25.1. The van der Waals surface area contributed by atoms with Gasteiger partial charge >= 0.3 is 41.8 Å². The highest BCUT2D eigenvalue weighted by atomic mass is 16.6. The van der Waals surface area contributed by atoms with Crippen LogP contribution in [0.15, 0.2) is 0 Å². The lowest BCUT2D eigenvalue weighted by Gasteiger charge is -2.40. The van der Waals surface area contributed by atoms with E-state index < -0.39 is 0 Å². The number of hydrogen-bond acceptors (Lipinski definition) is 22. The van der Waals surface area contributed by atoms with Crippen LogP contribution in [0.1, 0.15) is 315 Å². The fourth-order valence-corrected chi connectivity index (χ4v) is 40.2. The highest BCUT2D eigenvalue weighted by Gasteiger charge is 2.78. The summed E-state index contributed by atoms with van der Waals surface area (Å²) in [5.41, 5.74) is -0.579. The molecule has 19 saturated heterocycles. The second kappa shape index (κ2) is 35.5. The first-order valence-corrected chi connectivity index (χ1v) is 55.8. The van der Waals surface area contributed by atoms with Crippen LogP contribution < -0.4 is 0 Å². The van der Waals surface area contributed by atoms with Crippen molar-refractivity contribution in [1.82, 2.24) is 0 Å². The highest BCUT2D eigenvalue weighted by Crippen LogP contribution is 2.75. The molecular weight excluding hydrogens is 1690 g/mol. The molecule has 28 fully saturated rings. The van der Waals surface area contributed by atoms with Crippen molar-refractivity contribution in [3.8, 4) is 0 Å². The van der Waals surface area contributed by atoms with Gasteiger partial charge in [0.05, 0.1) is 161 Å². The lowest BCUT2D eigenvalue weighted by Crippen LogP contribution is -2.47. The van der Waals surface area contributed by atoms with Crippen LogP contribution in [-0.4, -0.2) is 186 Å². The van der Waals surface area contributed by atoms with Gasteiger partial charge < -0.3 is 71.1 Å². The summed E-state index contributed by atoms with van der Waals surface area (Å²) in [6, 6.07) is 0. The number of hydrogen-bond donors (Lipinski definition) is 0. The van der Waals surface area contributed by atoms with Gasteiger partial charge in [0.2, 0.25) is 0 Å². The molecule has 0 radical (unpaired) electrons. The molecule has 9 aliphatic carbocycles. The van der Waals surface area contributed by atoms with Crippen molar-refractivity contribution in [2.75, 3.05) is 46.2 Å². The summed E-state index contributed by atoms with van der Waals surface area (Å²) in [5, 5.41) is 0. The molecule has 0 amide bonds. The second-order valence-corrected chi connectivity index (χ2v) is 49.3. The fraction of sp³-hybridized carbons (Fsp3) is 0.937. The minimum absolute atomic E-state index is 0.00853. The summed E-state index contributed by atoms with van der Waals surface area (Å²) in [6.45, 7) is 36.0. The van der Waals surface area contributed by atoms with Crippen LogP contribution in [0.3, 0.4) is 0 Å². The summed E-state index contributed by atoms with van der Waals surface area (Å²) in [4.78, 5) is 83.7. The molecule has 19 heterocycles. The van der Waals surface area contributed by atoms with Gasteiger partial charge in [0.25, 0.3) is 0 Å². The SMILES string of the molecule is CCC1CC(CC)C2C1C1CC2C2(CCOC2=O)C1.CCC1CC(CC)C2C1C1CC3(CCOC3=O)C2O1.CCC1CC(CC)C2C1C1CC3(COC(=O)C3)C2O1.CCC1OC(CC)C2C1C1CC2C2(CCOC2=O)C1.CCC1OC(CC)C2C1C1CC2C2(COC(=O)C2)C1.CCC1OC(CC)C2C1C1CC3(CCOC3=O)C2O1.CCC1OC(CC)C2C1C1CC3(COC(=O)C3)C2O1. The van der Waals surface area contributed by atoms with Crippen LogP contribution in [0.5, 0.6) is 0 Å². The monoisotopic (exact) mass is 1850 g/mol. The van der Waals surface area contributed by atoms with Crippen molar-refractivity contribution in [3.05, 3.63) is 0 Å². The third kappa shape index (κ3) is 13.9. The molecule has 9 saturated carbocycles. The second-order valence-electron chi connectivity index (χ2n) is 49.3. The Morgan fingerprint density at radius 3 is 0.910 bits per heavy atom. The van der Waals surface area contributed by atoms with Crippen molar-refractivity contribution >= 4 is 41.8 Å². The number of fused-ring (bicyclic) bond motifs is 42. The first-order valence-electron chi connectivity index (χ1n) is 55.8. The van der Waals surface area contributed by atoms with Crippen molar-refractivity contribution < 1.29 is 105 Å². The molecule has 0 aromatic rings. The lowest BCUT2D eigenvalue weighted by molar-refractivity contribution is -0.151. The molecule has 28 rings (SSSR count). The normalized spacial score (nSPS) is 54.9. The summed E-state index contributed by atoms with van der Waals surface area (Å²) in [6.07, 6.45) is 42.1. The highest BCUT2D eigenvalue weighted by molar-refractivity contribution is 5.82. The summed E-state index contributed by atoms with van der Waals surface area (Å²) in [7, 11) is 0. The molecule has 742 valence electrons. The fourth-order valence-electron chi connectivity index (χ4n) is 40.2. The van der Waals surface area contributed by atoms with Crippen LogP contribution in [0.25, 0.3) is 0 Å². The molecule has 22 heteroatoms. The van der Waals surface area contributed by atoms with E-state index in [2.05, 4.69) is 96.9 Å². The number of carbonyl (C=O) groups excluding carboxylic acids is 7. The largest absolute Gasteiger partial charge is 0.465 e. The third-order valence-electron chi connectivity index (χ3n) is 45.1. The predicted molar refractivity (Wildman–Crippen MR) is 490 cm³/mol. The van der Waals surface area contributed by atoms with E-state index >= 15 is 0 Å². The zero-order chi connectivity index (χ0) is 92.4. The molecule has 7 spiro atoms. The average molecular weight is 1850 g/mol. The average Bonchev–Trinajstić information content (AvgIpc) is 1.32. The zero-order valence-electron chi connectivity index (χ0n) is 83.2. The number of rotatable bonds is 14. The van der Waals surface area contributed by atoms with Gasteiger partial charge in [0.15, 0.2) is 0 Å². The van der Waals surface area contributed by atoms with Gasteiger partial charge in [-0.3, -0.25) is 33.6 Å². The Morgan fingerprint density at radius 2 is 0.511 bits per heavy atom. The molecule has 0 aromatic carbocycles. The Morgan fingerprint density at radius 1 is 0.226 bits per heavy atom. The molecule has 19 aliphatic heterocycles. The number of cyclic esters (lactones) is 7. The van der Waals surface area contributed by atoms with E-state index in [-0.39, 0.29) is 116 Å². The Bertz CT molecular complexity index is 3860. The number of ether oxygens (including phenoxy) is 15. The van der Waals surface area contributed by atoms with Crippen molar-refractivity contribution in [1.29, 1.82) is 0 Å². The first kappa shape index (κ1) is 93.9. The van der Waals surface area contributed by atoms with Gasteiger partial charge in [-0.2, -0.15) is 0 Å².